The third-order valence-corrected chi connectivity index (χ3v) is 9.12. The maximum atomic E-state index is 14.1. The van der Waals surface area contributed by atoms with Crippen LogP contribution in [0.25, 0.3) is 15.9 Å². The van der Waals surface area contributed by atoms with Crippen LogP contribution in [0.4, 0.5) is 0 Å². The molecule has 0 radical (unpaired) electrons. The van der Waals surface area contributed by atoms with Gasteiger partial charge in [0, 0.05) is 35.3 Å². The second-order valence-corrected chi connectivity index (χ2v) is 11.9. The normalized spacial score (nSPS) is 13.7. The van der Waals surface area contributed by atoms with Crippen molar-refractivity contribution in [2.45, 2.75) is 37.3 Å². The molecule has 0 atom stereocenters. The van der Waals surface area contributed by atoms with Crippen LogP contribution in [0.5, 0.6) is 0 Å². The molecule has 2 aromatic heterocycles. The Morgan fingerprint density at radius 3 is 2.49 bits per heavy atom. The monoisotopic (exact) mass is 543 g/mol. The van der Waals surface area contributed by atoms with Gasteiger partial charge in [0.2, 0.25) is 0 Å². The Bertz CT molecular complexity index is 1610. The van der Waals surface area contributed by atoms with Gasteiger partial charge in [0.15, 0.2) is 5.16 Å². The second-order valence-electron chi connectivity index (χ2n) is 9.42. The molecule has 0 aliphatic carbocycles. The summed E-state index contributed by atoms with van der Waals surface area (Å²) in [5, 5.41) is 2.22. The molecule has 0 amide bonds. The van der Waals surface area contributed by atoms with Crippen molar-refractivity contribution in [2.24, 2.45) is 0 Å². The summed E-state index contributed by atoms with van der Waals surface area (Å²) in [7, 11) is 0. The molecule has 0 N–H and O–H groups in total. The summed E-state index contributed by atoms with van der Waals surface area (Å²) in [6, 6.07) is 26.5. The maximum absolute atomic E-state index is 14.1. The number of aryl methyl sites for hydroxylation is 1. The summed E-state index contributed by atoms with van der Waals surface area (Å²) < 4.78 is 1.80. The third kappa shape index (κ3) is 5.12. The molecule has 37 heavy (non-hydrogen) atoms. The Kier molecular flexibility index (Phi) is 6.91. The van der Waals surface area contributed by atoms with Gasteiger partial charge in [-0.15, -0.1) is 11.3 Å². The molecule has 7 heteroatoms. The number of benzene rings is 3. The minimum Gasteiger partial charge on any atom is -0.294 e. The van der Waals surface area contributed by atoms with Crippen LogP contribution >= 0.6 is 34.7 Å². The molecule has 1 aliphatic rings. The third-order valence-electron chi connectivity index (χ3n) is 6.75. The standard InChI is InChI=1S/C30H26ClN3OS2/c1-20-7-13-24(14-8-20)34-29(35)27-25-15-16-33(17-21-5-3-2-4-6-21)18-26(25)37-28(27)32-30(34)36-19-22-9-11-23(31)12-10-22/h2-14H,15-19H2,1H3. The minimum atomic E-state index is 0.0291. The molecule has 186 valence electrons. The van der Waals surface area contributed by atoms with Gasteiger partial charge in [-0.2, -0.15) is 0 Å². The summed E-state index contributed by atoms with van der Waals surface area (Å²) >= 11 is 9.33. The molecular formula is C30H26ClN3OS2. The van der Waals surface area contributed by atoms with Gasteiger partial charge in [-0.25, -0.2) is 4.98 Å². The van der Waals surface area contributed by atoms with Crippen LogP contribution in [0.1, 0.15) is 27.1 Å². The fourth-order valence-electron chi connectivity index (χ4n) is 4.80. The zero-order valence-electron chi connectivity index (χ0n) is 20.5. The van der Waals surface area contributed by atoms with Gasteiger partial charge in [-0.3, -0.25) is 14.3 Å². The largest absolute Gasteiger partial charge is 0.294 e. The number of aromatic nitrogens is 2. The summed E-state index contributed by atoms with van der Waals surface area (Å²) in [6.45, 7) is 4.76. The Morgan fingerprint density at radius 1 is 0.973 bits per heavy atom. The molecule has 4 nitrogen and oxygen atoms in total. The minimum absolute atomic E-state index is 0.0291. The molecule has 6 rings (SSSR count). The van der Waals surface area contributed by atoms with E-state index < -0.39 is 0 Å². The first-order valence-electron chi connectivity index (χ1n) is 12.3. The van der Waals surface area contributed by atoms with Crippen molar-refractivity contribution >= 4 is 44.9 Å². The van der Waals surface area contributed by atoms with Crippen molar-refractivity contribution in [3.05, 3.63) is 121 Å². The van der Waals surface area contributed by atoms with E-state index in [1.165, 1.54) is 16.0 Å². The van der Waals surface area contributed by atoms with Gasteiger partial charge in [0.1, 0.15) is 4.83 Å². The number of fused-ring (bicyclic) bond motifs is 3. The second kappa shape index (κ2) is 10.5. The van der Waals surface area contributed by atoms with Gasteiger partial charge in [0.05, 0.1) is 11.1 Å². The van der Waals surface area contributed by atoms with Crippen LogP contribution in [0.3, 0.4) is 0 Å². The average Bonchev–Trinajstić information content (AvgIpc) is 3.27. The maximum Gasteiger partial charge on any atom is 0.267 e. The molecule has 0 spiro atoms. The molecule has 3 heterocycles. The molecule has 0 saturated heterocycles. The Hall–Kier alpha value is -2.90. The van der Waals surface area contributed by atoms with E-state index in [0.29, 0.717) is 5.75 Å². The van der Waals surface area contributed by atoms with Crippen LogP contribution in [-0.2, 0) is 25.3 Å². The van der Waals surface area contributed by atoms with Crippen molar-refractivity contribution in [1.82, 2.24) is 14.5 Å². The van der Waals surface area contributed by atoms with E-state index in [1.807, 2.05) is 48.5 Å². The van der Waals surface area contributed by atoms with Crippen molar-refractivity contribution in [3.63, 3.8) is 0 Å². The van der Waals surface area contributed by atoms with Crippen molar-refractivity contribution in [2.75, 3.05) is 6.54 Å². The topological polar surface area (TPSA) is 38.1 Å². The zero-order valence-corrected chi connectivity index (χ0v) is 22.9. The SMILES string of the molecule is Cc1ccc(-n2c(SCc3ccc(Cl)cc3)nc3sc4c(c3c2=O)CCN(Cc2ccccc2)C4)cc1. The average molecular weight is 544 g/mol. The van der Waals surface area contributed by atoms with Crippen LogP contribution < -0.4 is 5.56 Å². The van der Waals surface area contributed by atoms with Crippen LogP contribution in [0.15, 0.2) is 88.8 Å². The lowest BCUT2D eigenvalue weighted by molar-refractivity contribution is 0.249. The highest BCUT2D eigenvalue weighted by atomic mass is 35.5. The van der Waals surface area contributed by atoms with Gasteiger partial charge in [-0.1, -0.05) is 83.5 Å². The lowest BCUT2D eigenvalue weighted by atomic mass is 10.0. The van der Waals surface area contributed by atoms with Crippen LogP contribution in [0.2, 0.25) is 5.02 Å². The lowest BCUT2D eigenvalue weighted by Gasteiger charge is -2.26. The lowest BCUT2D eigenvalue weighted by Crippen LogP contribution is -2.30. The van der Waals surface area contributed by atoms with Crippen molar-refractivity contribution in [3.8, 4) is 5.69 Å². The quantitative estimate of drug-likeness (QED) is 0.167. The van der Waals surface area contributed by atoms with E-state index in [0.717, 1.165) is 63.3 Å². The number of thioether (sulfide) groups is 1. The smallest absolute Gasteiger partial charge is 0.267 e. The zero-order chi connectivity index (χ0) is 25.4. The number of thiophene rings is 1. The summed E-state index contributed by atoms with van der Waals surface area (Å²) in [5.41, 5.74) is 5.67. The fourth-order valence-corrected chi connectivity index (χ4v) is 7.20. The van der Waals surface area contributed by atoms with Gasteiger partial charge in [-0.05, 0) is 54.3 Å². The van der Waals surface area contributed by atoms with Gasteiger partial charge < -0.3 is 0 Å². The molecule has 0 saturated carbocycles. The number of hydrogen-bond acceptors (Lipinski definition) is 5. The Balaban J connectivity index is 1.39. The highest BCUT2D eigenvalue weighted by Crippen LogP contribution is 2.35. The first-order valence-corrected chi connectivity index (χ1v) is 14.5. The van der Waals surface area contributed by atoms with Crippen molar-refractivity contribution < 1.29 is 0 Å². The van der Waals surface area contributed by atoms with E-state index in [9.17, 15) is 4.79 Å². The highest BCUT2D eigenvalue weighted by Gasteiger charge is 2.26. The molecular weight excluding hydrogens is 518 g/mol. The van der Waals surface area contributed by atoms with Crippen LogP contribution in [-0.4, -0.2) is 21.0 Å². The molecule has 0 fully saturated rings. The highest BCUT2D eigenvalue weighted by molar-refractivity contribution is 7.98. The number of hydrogen-bond donors (Lipinski definition) is 0. The molecule has 5 aromatic rings. The molecule has 1 aliphatic heterocycles. The predicted molar refractivity (Wildman–Crippen MR) is 155 cm³/mol. The summed E-state index contributed by atoms with van der Waals surface area (Å²) in [5.74, 6) is 0.705. The predicted octanol–water partition coefficient (Wildman–Crippen LogP) is 7.26. The fraction of sp³-hybridized carbons (Fsp3) is 0.200. The number of rotatable bonds is 6. The van der Waals surface area contributed by atoms with E-state index in [1.54, 1.807) is 27.7 Å². The molecule has 3 aromatic carbocycles. The van der Waals surface area contributed by atoms with Gasteiger partial charge in [0.25, 0.3) is 5.56 Å². The Labute approximate surface area is 229 Å². The Morgan fingerprint density at radius 2 is 1.73 bits per heavy atom. The van der Waals surface area contributed by atoms with E-state index in [2.05, 4.69) is 42.2 Å². The molecule has 0 bridgehead atoms. The number of halogens is 1. The van der Waals surface area contributed by atoms with E-state index in [4.69, 9.17) is 16.6 Å². The van der Waals surface area contributed by atoms with Crippen molar-refractivity contribution in [1.29, 1.82) is 0 Å². The number of nitrogens with zero attached hydrogens (tertiary/aromatic N) is 3. The molecule has 0 unspecified atom stereocenters. The van der Waals surface area contributed by atoms with Gasteiger partial charge >= 0.3 is 0 Å². The first-order chi connectivity index (χ1) is 18.0. The van der Waals surface area contributed by atoms with Crippen LogP contribution in [0, 0.1) is 6.92 Å². The first kappa shape index (κ1) is 24.4. The van der Waals surface area contributed by atoms with E-state index >= 15 is 0 Å². The van der Waals surface area contributed by atoms with E-state index in [-0.39, 0.29) is 5.56 Å². The summed E-state index contributed by atoms with van der Waals surface area (Å²) in [6.07, 6.45) is 0.865. The summed E-state index contributed by atoms with van der Waals surface area (Å²) in [4.78, 5) is 23.7.